The average molecular weight is 205 g/mol. The molecule has 0 saturated heterocycles. The van der Waals surface area contributed by atoms with E-state index in [1.165, 1.54) is 6.07 Å². The number of aliphatic hydroxyl groups excluding tert-OH is 1. The Labute approximate surface area is 87.4 Å². The number of aromatic carboxylic acids is 1. The number of carbonyl (C=O) groups is 1. The number of carboxylic acids is 1. The molecule has 1 rings (SSSR count). The second kappa shape index (κ2) is 4.58. The number of aliphatic hydroxyl groups is 1. The maximum Gasteiger partial charge on any atom is 0.337 e. The zero-order valence-corrected chi connectivity index (χ0v) is 8.32. The van der Waals surface area contributed by atoms with Crippen molar-refractivity contribution in [1.82, 2.24) is 0 Å². The summed E-state index contributed by atoms with van der Waals surface area (Å²) in [6, 6.07) is 4.96. The first-order valence-electron chi connectivity index (χ1n) is 4.54. The minimum Gasteiger partial charge on any atom is -0.478 e. The summed E-state index contributed by atoms with van der Waals surface area (Å²) in [5.74, 6) is -1.18. The summed E-state index contributed by atoms with van der Waals surface area (Å²) in [6.07, 6.45) is 0.627. The number of hydrogen-bond acceptors (Lipinski definition) is 3. The van der Waals surface area contributed by atoms with Gasteiger partial charge in [0, 0.05) is 0 Å². The second-order valence-electron chi connectivity index (χ2n) is 3.05. The molecule has 0 unspecified atom stereocenters. The third-order valence-corrected chi connectivity index (χ3v) is 2.28. The predicted octanol–water partition coefficient (Wildman–Crippen LogP) is 1.31. The number of rotatable bonds is 3. The van der Waals surface area contributed by atoms with Crippen molar-refractivity contribution in [3.8, 4) is 6.07 Å². The van der Waals surface area contributed by atoms with Gasteiger partial charge in [0.15, 0.2) is 0 Å². The summed E-state index contributed by atoms with van der Waals surface area (Å²) in [7, 11) is 0. The van der Waals surface area contributed by atoms with Crippen LogP contribution in [0, 0.1) is 11.3 Å². The van der Waals surface area contributed by atoms with Gasteiger partial charge in [-0.05, 0) is 23.6 Å². The number of nitriles is 1. The Hall–Kier alpha value is -1.86. The van der Waals surface area contributed by atoms with Crippen LogP contribution >= 0.6 is 0 Å². The summed E-state index contributed by atoms with van der Waals surface area (Å²) in [5, 5.41) is 26.8. The highest BCUT2D eigenvalue weighted by Gasteiger charge is 2.17. The molecular weight excluding hydrogens is 194 g/mol. The van der Waals surface area contributed by atoms with Gasteiger partial charge in [0.1, 0.15) is 6.07 Å². The minimum absolute atomic E-state index is 0.0839. The summed E-state index contributed by atoms with van der Waals surface area (Å²) < 4.78 is 0. The summed E-state index contributed by atoms with van der Waals surface area (Å²) >= 11 is 0. The number of benzene rings is 1. The predicted molar refractivity (Wildman–Crippen MR) is 53.4 cm³/mol. The van der Waals surface area contributed by atoms with Crippen molar-refractivity contribution in [2.75, 3.05) is 0 Å². The van der Waals surface area contributed by atoms with Crippen molar-refractivity contribution in [2.24, 2.45) is 0 Å². The Balaban J connectivity index is 3.53. The maximum atomic E-state index is 11.0. The third-order valence-electron chi connectivity index (χ3n) is 2.28. The Morgan fingerprint density at radius 2 is 2.20 bits per heavy atom. The molecule has 1 aromatic carbocycles. The number of nitrogens with zero attached hydrogens (tertiary/aromatic N) is 1. The first kappa shape index (κ1) is 11.2. The highest BCUT2D eigenvalue weighted by Crippen LogP contribution is 2.20. The van der Waals surface area contributed by atoms with Crippen molar-refractivity contribution in [3.05, 3.63) is 34.4 Å². The molecule has 0 aliphatic carbocycles. The van der Waals surface area contributed by atoms with Gasteiger partial charge < -0.3 is 10.2 Å². The highest BCUT2D eigenvalue weighted by molar-refractivity contribution is 5.92. The van der Waals surface area contributed by atoms with E-state index >= 15 is 0 Å². The van der Waals surface area contributed by atoms with Crippen molar-refractivity contribution < 1.29 is 15.0 Å². The standard InChI is InChI=1S/C11H11NO3/c1-2-7-3-4-8(5-12)10(11(14)15)9(7)6-13/h3-4,13H,2,6H2,1H3,(H,14,15). The Morgan fingerprint density at radius 3 is 2.60 bits per heavy atom. The van der Waals surface area contributed by atoms with Gasteiger partial charge in [-0.15, -0.1) is 0 Å². The molecule has 0 heterocycles. The van der Waals surface area contributed by atoms with Crippen molar-refractivity contribution in [2.45, 2.75) is 20.0 Å². The van der Waals surface area contributed by atoms with E-state index in [4.69, 9.17) is 15.5 Å². The van der Waals surface area contributed by atoms with E-state index in [1.54, 1.807) is 6.07 Å². The molecule has 0 saturated carbocycles. The van der Waals surface area contributed by atoms with Crippen LogP contribution in [0.25, 0.3) is 0 Å². The smallest absolute Gasteiger partial charge is 0.337 e. The molecular formula is C11H11NO3. The lowest BCUT2D eigenvalue weighted by molar-refractivity contribution is 0.0693. The molecule has 0 aliphatic rings. The van der Waals surface area contributed by atoms with Crippen LogP contribution < -0.4 is 0 Å². The molecule has 0 spiro atoms. The molecule has 0 fully saturated rings. The first-order valence-corrected chi connectivity index (χ1v) is 4.54. The highest BCUT2D eigenvalue weighted by atomic mass is 16.4. The molecule has 15 heavy (non-hydrogen) atoms. The fourth-order valence-electron chi connectivity index (χ4n) is 1.54. The topological polar surface area (TPSA) is 81.3 Å². The largest absolute Gasteiger partial charge is 0.478 e. The molecule has 2 N–H and O–H groups in total. The normalized spacial score (nSPS) is 9.67. The van der Waals surface area contributed by atoms with Gasteiger partial charge in [0.05, 0.1) is 17.7 Å². The molecule has 0 aliphatic heterocycles. The number of hydrogen-bond donors (Lipinski definition) is 2. The zero-order valence-electron chi connectivity index (χ0n) is 8.32. The maximum absolute atomic E-state index is 11.0. The summed E-state index contributed by atoms with van der Waals surface area (Å²) in [6.45, 7) is 1.51. The molecule has 0 bridgehead atoms. The van der Waals surface area contributed by atoms with Gasteiger partial charge >= 0.3 is 5.97 Å². The zero-order chi connectivity index (χ0) is 11.4. The van der Waals surface area contributed by atoms with Crippen LogP contribution in [0.1, 0.15) is 34.0 Å². The van der Waals surface area contributed by atoms with Crippen molar-refractivity contribution in [3.63, 3.8) is 0 Å². The molecule has 4 heteroatoms. The van der Waals surface area contributed by atoms with Crippen LogP contribution in [-0.2, 0) is 13.0 Å². The first-order chi connectivity index (χ1) is 7.15. The summed E-state index contributed by atoms with van der Waals surface area (Å²) in [5.41, 5.74) is 1.10. The van der Waals surface area contributed by atoms with E-state index < -0.39 is 5.97 Å². The lowest BCUT2D eigenvalue weighted by Gasteiger charge is -2.09. The monoisotopic (exact) mass is 205 g/mol. The van der Waals surface area contributed by atoms with Crippen molar-refractivity contribution in [1.29, 1.82) is 5.26 Å². The van der Waals surface area contributed by atoms with Crippen LogP contribution in [0.2, 0.25) is 0 Å². The van der Waals surface area contributed by atoms with E-state index in [-0.39, 0.29) is 17.7 Å². The fraction of sp³-hybridized carbons (Fsp3) is 0.273. The number of aryl methyl sites for hydroxylation is 1. The molecule has 0 aromatic heterocycles. The molecule has 1 aromatic rings. The van der Waals surface area contributed by atoms with Gasteiger partial charge in [-0.2, -0.15) is 5.26 Å². The molecule has 0 atom stereocenters. The minimum atomic E-state index is -1.18. The molecule has 0 amide bonds. The van der Waals surface area contributed by atoms with E-state index in [9.17, 15) is 4.79 Å². The second-order valence-corrected chi connectivity index (χ2v) is 3.05. The van der Waals surface area contributed by atoms with Gasteiger partial charge in [-0.1, -0.05) is 13.0 Å². The van der Waals surface area contributed by atoms with Crippen molar-refractivity contribution >= 4 is 5.97 Å². The average Bonchev–Trinajstić information content (AvgIpc) is 2.26. The molecule has 78 valence electrons. The van der Waals surface area contributed by atoms with Crippen LogP contribution in [0.5, 0.6) is 0 Å². The third kappa shape index (κ3) is 1.97. The Bertz CT molecular complexity index is 432. The van der Waals surface area contributed by atoms with Crippen LogP contribution in [-0.4, -0.2) is 16.2 Å². The van der Waals surface area contributed by atoms with E-state index in [2.05, 4.69) is 0 Å². The van der Waals surface area contributed by atoms with Gasteiger partial charge in [0.25, 0.3) is 0 Å². The van der Waals surface area contributed by atoms with Crippen LogP contribution in [0.15, 0.2) is 12.1 Å². The SMILES string of the molecule is CCc1ccc(C#N)c(C(=O)O)c1CO. The van der Waals surface area contributed by atoms with Gasteiger partial charge in [0.2, 0.25) is 0 Å². The lowest BCUT2D eigenvalue weighted by atomic mass is 9.95. The lowest BCUT2D eigenvalue weighted by Crippen LogP contribution is -2.08. The molecule has 4 nitrogen and oxygen atoms in total. The number of carboxylic acid groups (broad SMARTS) is 1. The van der Waals surface area contributed by atoms with E-state index in [1.807, 2.05) is 13.0 Å². The quantitative estimate of drug-likeness (QED) is 0.779. The van der Waals surface area contributed by atoms with Crippen LogP contribution in [0.3, 0.4) is 0 Å². The van der Waals surface area contributed by atoms with E-state index in [0.29, 0.717) is 12.0 Å². The molecule has 0 radical (unpaired) electrons. The van der Waals surface area contributed by atoms with Crippen LogP contribution in [0.4, 0.5) is 0 Å². The Kier molecular flexibility index (Phi) is 3.42. The summed E-state index contributed by atoms with van der Waals surface area (Å²) in [4.78, 5) is 11.0. The Morgan fingerprint density at radius 1 is 1.53 bits per heavy atom. The van der Waals surface area contributed by atoms with Gasteiger partial charge in [-0.3, -0.25) is 0 Å². The fourth-order valence-corrected chi connectivity index (χ4v) is 1.54. The van der Waals surface area contributed by atoms with Gasteiger partial charge in [-0.25, -0.2) is 4.79 Å². The van der Waals surface area contributed by atoms with E-state index in [0.717, 1.165) is 5.56 Å².